The van der Waals surface area contributed by atoms with Crippen molar-refractivity contribution in [3.8, 4) is 22.3 Å². The molecule has 1 aliphatic rings. The molecule has 0 spiro atoms. The van der Waals surface area contributed by atoms with Gasteiger partial charge < -0.3 is 13.7 Å². The maximum absolute atomic E-state index is 6.69. The SMILES string of the molecule is CC(C)(C)c1cc(C(C)(C)C)c2c(c1)oc1ccc(N(c3ccc(-c4cccc5c4oc4ccccc45)cc3)c3ccc4c(c3)C(C)(C)c3ccccc3-4)cc12. The van der Waals surface area contributed by atoms with Crippen molar-refractivity contribution in [1.29, 1.82) is 0 Å². The van der Waals surface area contributed by atoms with E-state index in [0.29, 0.717) is 0 Å². The van der Waals surface area contributed by atoms with Gasteiger partial charge in [-0.25, -0.2) is 0 Å². The van der Waals surface area contributed by atoms with E-state index in [1.54, 1.807) is 0 Å². The van der Waals surface area contributed by atoms with Crippen molar-refractivity contribution in [2.45, 2.75) is 71.6 Å². The molecule has 0 amide bonds. The number of anilines is 3. The van der Waals surface area contributed by atoms with Gasteiger partial charge in [-0.15, -0.1) is 0 Å². The van der Waals surface area contributed by atoms with Crippen LogP contribution in [0.5, 0.6) is 0 Å². The summed E-state index contributed by atoms with van der Waals surface area (Å²) in [6.07, 6.45) is 0. The average Bonchev–Trinajstić information content (AvgIpc) is 3.82. The van der Waals surface area contributed by atoms with Crippen LogP contribution in [0.2, 0.25) is 0 Å². The lowest BCUT2D eigenvalue weighted by atomic mass is 9.79. The van der Waals surface area contributed by atoms with Crippen LogP contribution >= 0.6 is 0 Å². The fraction of sp³-hybridized carbons (Fsp3) is 0.208. The molecule has 276 valence electrons. The smallest absolute Gasteiger partial charge is 0.143 e. The van der Waals surface area contributed by atoms with Gasteiger partial charge in [-0.05, 0) is 104 Å². The third kappa shape index (κ3) is 5.24. The van der Waals surface area contributed by atoms with E-state index in [2.05, 4.69) is 188 Å². The maximum Gasteiger partial charge on any atom is 0.143 e. The molecule has 0 bridgehead atoms. The minimum atomic E-state index is -0.125. The Labute approximate surface area is 329 Å². The van der Waals surface area contributed by atoms with Crippen LogP contribution in [-0.4, -0.2) is 0 Å². The zero-order valence-corrected chi connectivity index (χ0v) is 33.5. The molecule has 3 heteroatoms. The molecular formula is C53H47NO2. The highest BCUT2D eigenvalue weighted by atomic mass is 16.3. The van der Waals surface area contributed by atoms with Crippen molar-refractivity contribution in [2.75, 3.05) is 4.90 Å². The standard InChI is InChI=1S/C53H47NO2/c1-51(2,3)33-28-45(52(4,5)6)49-42-30-35(25-27-47(42)55-48(49)29-33)54(36-24-26-39-38-14-9-11-18-43(38)53(7,8)44(39)31-36)34-22-20-32(21-23-34)37-16-13-17-41-40-15-10-12-19-46(40)56-50(37)41/h9-31H,1-8H3. The number of para-hydroxylation sites is 2. The molecule has 1 aliphatic carbocycles. The van der Waals surface area contributed by atoms with Crippen LogP contribution < -0.4 is 4.90 Å². The molecular weight excluding hydrogens is 683 g/mol. The maximum atomic E-state index is 6.69. The van der Waals surface area contributed by atoms with Crippen LogP contribution in [0.4, 0.5) is 17.1 Å². The topological polar surface area (TPSA) is 29.5 Å². The van der Waals surface area contributed by atoms with Gasteiger partial charge in [0.15, 0.2) is 0 Å². The fourth-order valence-corrected chi connectivity index (χ4v) is 9.10. The van der Waals surface area contributed by atoms with E-state index in [-0.39, 0.29) is 16.2 Å². The van der Waals surface area contributed by atoms with E-state index >= 15 is 0 Å². The lowest BCUT2D eigenvalue weighted by Gasteiger charge is -2.28. The van der Waals surface area contributed by atoms with E-state index in [1.165, 1.54) is 38.8 Å². The fourth-order valence-electron chi connectivity index (χ4n) is 9.10. The molecule has 9 aromatic rings. The summed E-state index contributed by atoms with van der Waals surface area (Å²) in [6, 6.07) is 50.9. The second kappa shape index (κ2) is 12.0. The lowest BCUT2D eigenvalue weighted by Crippen LogP contribution is -2.16. The predicted molar refractivity (Wildman–Crippen MR) is 236 cm³/mol. The van der Waals surface area contributed by atoms with Crippen LogP contribution in [0.25, 0.3) is 66.1 Å². The van der Waals surface area contributed by atoms with Crippen molar-refractivity contribution in [3.63, 3.8) is 0 Å². The molecule has 0 radical (unpaired) electrons. The van der Waals surface area contributed by atoms with Crippen LogP contribution in [0.15, 0.2) is 148 Å². The first-order valence-corrected chi connectivity index (χ1v) is 19.8. The quantitative estimate of drug-likeness (QED) is 0.181. The van der Waals surface area contributed by atoms with Crippen molar-refractivity contribution >= 4 is 60.9 Å². The minimum Gasteiger partial charge on any atom is -0.456 e. The van der Waals surface area contributed by atoms with E-state index in [0.717, 1.165) is 66.7 Å². The third-order valence-corrected chi connectivity index (χ3v) is 12.2. The highest BCUT2D eigenvalue weighted by Crippen LogP contribution is 2.51. The average molecular weight is 730 g/mol. The predicted octanol–water partition coefficient (Wildman–Crippen LogP) is 15.5. The van der Waals surface area contributed by atoms with Gasteiger partial charge >= 0.3 is 0 Å². The van der Waals surface area contributed by atoms with Crippen molar-refractivity contribution in [2.24, 2.45) is 0 Å². The van der Waals surface area contributed by atoms with Crippen molar-refractivity contribution in [1.82, 2.24) is 0 Å². The Morgan fingerprint density at radius 3 is 1.89 bits per heavy atom. The van der Waals surface area contributed by atoms with E-state index in [9.17, 15) is 0 Å². The molecule has 3 nitrogen and oxygen atoms in total. The number of benzene rings is 7. The van der Waals surface area contributed by atoms with Crippen LogP contribution in [0.3, 0.4) is 0 Å². The third-order valence-electron chi connectivity index (χ3n) is 12.2. The normalized spacial score (nSPS) is 13.9. The molecule has 10 rings (SSSR count). The Kier molecular flexibility index (Phi) is 7.36. The first-order valence-electron chi connectivity index (χ1n) is 19.8. The molecule has 0 unspecified atom stereocenters. The molecule has 0 N–H and O–H groups in total. The highest BCUT2D eigenvalue weighted by molar-refractivity contribution is 6.10. The van der Waals surface area contributed by atoms with Crippen LogP contribution in [-0.2, 0) is 16.2 Å². The molecule has 56 heavy (non-hydrogen) atoms. The van der Waals surface area contributed by atoms with Gasteiger partial charge in [0, 0.05) is 49.6 Å². The zero-order chi connectivity index (χ0) is 38.7. The molecule has 0 fully saturated rings. The van der Waals surface area contributed by atoms with E-state index in [4.69, 9.17) is 8.83 Å². The summed E-state index contributed by atoms with van der Waals surface area (Å²) in [7, 11) is 0. The van der Waals surface area contributed by atoms with Gasteiger partial charge in [-0.2, -0.15) is 0 Å². The summed E-state index contributed by atoms with van der Waals surface area (Å²) < 4.78 is 13.1. The molecule has 2 aromatic heterocycles. The second-order valence-corrected chi connectivity index (χ2v) is 18.2. The number of fused-ring (bicyclic) bond motifs is 9. The Balaban J connectivity index is 1.17. The number of rotatable bonds is 4. The molecule has 0 saturated carbocycles. The van der Waals surface area contributed by atoms with E-state index < -0.39 is 0 Å². The molecule has 7 aromatic carbocycles. The van der Waals surface area contributed by atoms with Crippen LogP contribution in [0.1, 0.15) is 77.6 Å². The largest absolute Gasteiger partial charge is 0.456 e. The monoisotopic (exact) mass is 729 g/mol. The molecule has 0 atom stereocenters. The summed E-state index contributed by atoms with van der Waals surface area (Å²) in [5, 5.41) is 4.60. The van der Waals surface area contributed by atoms with Gasteiger partial charge in [-0.3, -0.25) is 0 Å². The van der Waals surface area contributed by atoms with Gasteiger partial charge in [0.25, 0.3) is 0 Å². The summed E-state index contributed by atoms with van der Waals surface area (Å²) in [5.74, 6) is 0. The van der Waals surface area contributed by atoms with Gasteiger partial charge in [0.05, 0.1) is 0 Å². The first-order chi connectivity index (χ1) is 26.8. The summed E-state index contributed by atoms with van der Waals surface area (Å²) in [6.45, 7) is 18.4. The lowest BCUT2D eigenvalue weighted by molar-refractivity contribution is 0.569. The highest BCUT2D eigenvalue weighted by Gasteiger charge is 2.36. The Morgan fingerprint density at radius 2 is 1.11 bits per heavy atom. The van der Waals surface area contributed by atoms with Gasteiger partial charge in [-0.1, -0.05) is 140 Å². The van der Waals surface area contributed by atoms with E-state index in [1.807, 2.05) is 12.1 Å². The first kappa shape index (κ1) is 34.4. The van der Waals surface area contributed by atoms with Crippen molar-refractivity contribution in [3.05, 3.63) is 162 Å². The van der Waals surface area contributed by atoms with Crippen LogP contribution in [0, 0.1) is 0 Å². The van der Waals surface area contributed by atoms with Gasteiger partial charge in [0.1, 0.15) is 22.3 Å². The summed E-state index contributed by atoms with van der Waals surface area (Å²) >= 11 is 0. The molecule has 0 aliphatic heterocycles. The number of furan rings is 2. The molecule has 2 heterocycles. The number of nitrogens with zero attached hydrogens (tertiary/aromatic N) is 1. The Morgan fingerprint density at radius 1 is 0.464 bits per heavy atom. The van der Waals surface area contributed by atoms with Crippen molar-refractivity contribution < 1.29 is 8.83 Å². The number of hydrogen-bond acceptors (Lipinski definition) is 3. The minimum absolute atomic E-state index is 0.00176. The molecule has 0 saturated heterocycles. The van der Waals surface area contributed by atoms with Gasteiger partial charge in [0.2, 0.25) is 0 Å². The zero-order valence-electron chi connectivity index (χ0n) is 33.5. The Hall–Kier alpha value is -6.06. The second-order valence-electron chi connectivity index (χ2n) is 18.2. The summed E-state index contributed by atoms with van der Waals surface area (Å²) in [4.78, 5) is 2.41. The Bertz CT molecular complexity index is 3010. The summed E-state index contributed by atoms with van der Waals surface area (Å²) in [5.41, 5.74) is 16.9. The number of hydrogen-bond donors (Lipinski definition) is 0.